The molecule has 2 aromatic rings. The van der Waals surface area contributed by atoms with Gasteiger partial charge in [0.15, 0.2) is 23.8 Å². The van der Waals surface area contributed by atoms with Gasteiger partial charge in [-0.2, -0.15) is 0 Å². The van der Waals surface area contributed by atoms with E-state index < -0.39 is 47.9 Å². The van der Waals surface area contributed by atoms with Crippen molar-refractivity contribution in [2.24, 2.45) is 11.8 Å². The lowest BCUT2D eigenvalue weighted by atomic mass is 10.1. The van der Waals surface area contributed by atoms with Crippen LogP contribution < -0.4 is 5.73 Å². The Morgan fingerprint density at radius 3 is 2.59 bits per heavy atom. The van der Waals surface area contributed by atoms with Crippen LogP contribution in [0.1, 0.15) is 27.0 Å². The van der Waals surface area contributed by atoms with Gasteiger partial charge in [0.25, 0.3) is 0 Å². The maximum atomic E-state index is 11.8. The number of fused-ring (bicyclic) bond motifs is 2. The first-order valence-electron chi connectivity index (χ1n) is 8.85. The van der Waals surface area contributed by atoms with Crippen LogP contribution in [0.25, 0.3) is 11.2 Å². The molecule has 0 aromatic carbocycles. The third-order valence-corrected chi connectivity index (χ3v) is 4.98. The minimum Gasteiger partial charge on any atom is -0.465 e. The van der Waals surface area contributed by atoms with E-state index in [1.807, 2.05) is 0 Å². The lowest BCUT2D eigenvalue weighted by molar-refractivity contribution is -0.214. The minimum absolute atomic E-state index is 0.0441. The molecule has 12 nitrogen and oxygen atoms in total. The number of rotatable bonds is 5. The fourth-order valence-corrected chi connectivity index (χ4v) is 3.91. The Hall–Kier alpha value is -3.28. The van der Waals surface area contributed by atoms with E-state index in [0.717, 1.165) is 0 Å². The normalized spacial score (nSPS) is 29.9. The molecule has 3 heterocycles. The van der Waals surface area contributed by atoms with Crippen molar-refractivity contribution in [3.8, 4) is 0 Å². The number of ether oxygens (including phenoxy) is 4. The lowest BCUT2D eigenvalue weighted by Crippen LogP contribution is -2.32. The van der Waals surface area contributed by atoms with Crippen molar-refractivity contribution in [2.75, 3.05) is 12.3 Å². The summed E-state index contributed by atoms with van der Waals surface area (Å²) in [6.45, 7) is 3.73. The van der Waals surface area contributed by atoms with Crippen LogP contribution in [0.4, 0.5) is 5.82 Å². The zero-order valence-electron chi connectivity index (χ0n) is 15.9. The van der Waals surface area contributed by atoms with Crippen LogP contribution in [0.15, 0.2) is 12.7 Å². The minimum atomic E-state index is -1.39. The Labute approximate surface area is 164 Å². The molecule has 1 saturated heterocycles. The summed E-state index contributed by atoms with van der Waals surface area (Å²) in [5, 5.41) is 0. The number of anilines is 1. The van der Waals surface area contributed by atoms with Crippen molar-refractivity contribution in [1.29, 1.82) is 0 Å². The molecule has 0 bridgehead atoms. The second kappa shape index (κ2) is 6.65. The highest BCUT2D eigenvalue weighted by molar-refractivity contribution is 5.81. The van der Waals surface area contributed by atoms with E-state index in [0.29, 0.717) is 11.2 Å². The average molecular weight is 405 g/mol. The topological polar surface area (TPSA) is 158 Å². The zero-order chi connectivity index (χ0) is 20.9. The molecule has 29 heavy (non-hydrogen) atoms. The molecular formula is C17H19N5O7. The van der Waals surface area contributed by atoms with Gasteiger partial charge in [0.05, 0.1) is 18.2 Å². The predicted octanol–water partition coefficient (Wildman–Crippen LogP) is -0.0625. The summed E-state index contributed by atoms with van der Waals surface area (Å²) in [4.78, 5) is 47.0. The molecule has 1 saturated carbocycles. The third kappa shape index (κ3) is 3.05. The number of nitrogens with two attached hydrogens (primary N) is 1. The predicted molar refractivity (Wildman–Crippen MR) is 93.5 cm³/mol. The van der Waals surface area contributed by atoms with Crippen LogP contribution in [-0.2, 0) is 33.3 Å². The standard InChI is InChI=1S/C17H19N5O7/c1-7(23)26-4-10-11-13(27-8(2)24)16(29-17(10,11)28-9(3)25)22-6-21-12-14(18)19-5-20-15(12)22/h5-6,10-11,13,16H,4H2,1-3H3,(H2,18,19,20)/t10-,11?,13?,16-,17?/m1/s1. The molecule has 3 unspecified atom stereocenters. The molecule has 2 fully saturated rings. The summed E-state index contributed by atoms with van der Waals surface area (Å²) in [5.41, 5.74) is 6.56. The van der Waals surface area contributed by atoms with E-state index in [9.17, 15) is 14.4 Å². The van der Waals surface area contributed by atoms with Crippen LogP contribution in [0.3, 0.4) is 0 Å². The summed E-state index contributed by atoms with van der Waals surface area (Å²) < 4.78 is 23.7. The second-order valence-corrected chi connectivity index (χ2v) is 6.92. The molecule has 0 spiro atoms. The van der Waals surface area contributed by atoms with Crippen LogP contribution in [-0.4, -0.2) is 55.9 Å². The van der Waals surface area contributed by atoms with Crippen molar-refractivity contribution in [3.05, 3.63) is 12.7 Å². The summed E-state index contributed by atoms with van der Waals surface area (Å²) in [7, 11) is 0. The van der Waals surface area contributed by atoms with Gasteiger partial charge in [-0.05, 0) is 0 Å². The SMILES string of the molecule is CC(=O)OC[C@@H]1C2C(OC(C)=O)[C@H](n3cnc4c(N)ncnc43)OC21OC(C)=O. The quantitative estimate of drug-likeness (QED) is 0.524. The first-order valence-corrected chi connectivity index (χ1v) is 8.85. The number of nitrogen functional groups attached to an aromatic ring is 1. The van der Waals surface area contributed by atoms with E-state index >= 15 is 0 Å². The van der Waals surface area contributed by atoms with Crippen molar-refractivity contribution in [2.45, 2.75) is 38.9 Å². The molecule has 154 valence electrons. The van der Waals surface area contributed by atoms with Gasteiger partial charge in [0.2, 0.25) is 5.79 Å². The fraction of sp³-hybridized carbons (Fsp3) is 0.529. The Kier molecular flexibility index (Phi) is 4.37. The maximum absolute atomic E-state index is 11.8. The van der Waals surface area contributed by atoms with E-state index in [1.165, 1.54) is 33.4 Å². The smallest absolute Gasteiger partial charge is 0.305 e. The average Bonchev–Trinajstić information content (AvgIpc) is 2.89. The van der Waals surface area contributed by atoms with Gasteiger partial charge < -0.3 is 24.7 Å². The van der Waals surface area contributed by atoms with Gasteiger partial charge in [0, 0.05) is 20.8 Å². The molecule has 1 aliphatic carbocycles. The third-order valence-electron chi connectivity index (χ3n) is 4.98. The van der Waals surface area contributed by atoms with Crippen molar-refractivity contribution in [1.82, 2.24) is 19.5 Å². The second-order valence-electron chi connectivity index (χ2n) is 6.92. The summed E-state index contributed by atoms with van der Waals surface area (Å²) in [6.07, 6.45) is 0.999. The van der Waals surface area contributed by atoms with Gasteiger partial charge in [-0.3, -0.25) is 19.0 Å². The van der Waals surface area contributed by atoms with Crippen LogP contribution >= 0.6 is 0 Å². The Bertz CT molecular complexity index is 1010. The number of aromatic nitrogens is 4. The zero-order valence-corrected chi connectivity index (χ0v) is 15.9. The number of hydrogen-bond acceptors (Lipinski definition) is 11. The van der Waals surface area contributed by atoms with E-state index in [4.69, 9.17) is 24.7 Å². The Morgan fingerprint density at radius 1 is 1.17 bits per heavy atom. The molecule has 1 aliphatic heterocycles. The van der Waals surface area contributed by atoms with E-state index in [-0.39, 0.29) is 12.4 Å². The summed E-state index contributed by atoms with van der Waals surface area (Å²) in [5.74, 6) is -3.82. The van der Waals surface area contributed by atoms with Crippen LogP contribution in [0, 0.1) is 11.8 Å². The number of carbonyl (C=O) groups is 3. The van der Waals surface area contributed by atoms with Crippen molar-refractivity contribution >= 4 is 34.9 Å². The van der Waals surface area contributed by atoms with Crippen LogP contribution in [0.2, 0.25) is 0 Å². The summed E-state index contributed by atoms with van der Waals surface area (Å²) >= 11 is 0. The van der Waals surface area contributed by atoms with Crippen LogP contribution in [0.5, 0.6) is 0 Å². The number of esters is 3. The Balaban J connectivity index is 1.71. The molecule has 2 aliphatic rings. The van der Waals surface area contributed by atoms with E-state index in [1.54, 1.807) is 4.57 Å². The molecule has 2 aromatic heterocycles. The molecule has 5 atom stereocenters. The highest BCUT2D eigenvalue weighted by Crippen LogP contribution is 2.65. The molecule has 0 radical (unpaired) electrons. The van der Waals surface area contributed by atoms with Gasteiger partial charge >= 0.3 is 17.9 Å². The first-order chi connectivity index (χ1) is 13.7. The molecular weight excluding hydrogens is 386 g/mol. The number of carbonyl (C=O) groups excluding carboxylic acids is 3. The monoisotopic (exact) mass is 405 g/mol. The molecule has 12 heteroatoms. The first kappa shape index (κ1) is 19.1. The number of nitrogens with zero attached hydrogens (tertiary/aromatic N) is 4. The molecule has 0 amide bonds. The van der Waals surface area contributed by atoms with Gasteiger partial charge in [-0.15, -0.1) is 0 Å². The molecule has 4 rings (SSSR count). The van der Waals surface area contributed by atoms with Gasteiger partial charge in [-0.25, -0.2) is 15.0 Å². The number of hydrogen-bond donors (Lipinski definition) is 1. The van der Waals surface area contributed by atoms with Gasteiger partial charge in [-0.1, -0.05) is 0 Å². The van der Waals surface area contributed by atoms with Crippen molar-refractivity contribution < 1.29 is 33.3 Å². The molecule has 2 N–H and O–H groups in total. The maximum Gasteiger partial charge on any atom is 0.305 e. The van der Waals surface area contributed by atoms with Gasteiger partial charge in [0.1, 0.15) is 18.5 Å². The summed E-state index contributed by atoms with van der Waals surface area (Å²) in [6, 6.07) is 0. The fourth-order valence-electron chi connectivity index (χ4n) is 3.91. The Morgan fingerprint density at radius 2 is 1.93 bits per heavy atom. The highest BCUT2D eigenvalue weighted by Gasteiger charge is 2.81. The highest BCUT2D eigenvalue weighted by atomic mass is 16.8. The van der Waals surface area contributed by atoms with E-state index in [2.05, 4.69) is 15.0 Å². The largest absolute Gasteiger partial charge is 0.465 e. The number of imidazole rings is 1. The van der Waals surface area contributed by atoms with Crippen molar-refractivity contribution in [3.63, 3.8) is 0 Å². The lowest BCUT2D eigenvalue weighted by Gasteiger charge is -2.26.